The van der Waals surface area contributed by atoms with E-state index in [1.54, 1.807) is 6.20 Å². The van der Waals surface area contributed by atoms with Crippen LogP contribution in [0.2, 0.25) is 0 Å². The van der Waals surface area contributed by atoms with Crippen LogP contribution in [0.1, 0.15) is 15.9 Å². The van der Waals surface area contributed by atoms with E-state index >= 15 is 0 Å². The number of hydrogen-bond donors (Lipinski definition) is 2. The van der Waals surface area contributed by atoms with Gasteiger partial charge >= 0.3 is 0 Å². The summed E-state index contributed by atoms with van der Waals surface area (Å²) in [7, 11) is 0. The van der Waals surface area contributed by atoms with Crippen LogP contribution < -0.4 is 0 Å². The third-order valence-corrected chi connectivity index (χ3v) is 5.11. The lowest BCUT2D eigenvalue weighted by atomic mass is 9.94. The first-order valence-corrected chi connectivity index (χ1v) is 8.81. The number of para-hydroxylation sites is 1. The van der Waals surface area contributed by atoms with E-state index in [0.29, 0.717) is 13.0 Å². The van der Waals surface area contributed by atoms with E-state index in [1.165, 1.54) is 11.0 Å². The normalized spacial score (nSPS) is 19.6. The van der Waals surface area contributed by atoms with Gasteiger partial charge in [0, 0.05) is 36.7 Å². The van der Waals surface area contributed by atoms with Crippen LogP contribution in [-0.4, -0.2) is 45.2 Å². The van der Waals surface area contributed by atoms with Gasteiger partial charge in [0.05, 0.1) is 17.2 Å². The number of rotatable bonds is 3. The Kier molecular flexibility index (Phi) is 4.49. The second-order valence-corrected chi connectivity index (χ2v) is 6.89. The molecule has 1 saturated heterocycles. The van der Waals surface area contributed by atoms with Gasteiger partial charge in [-0.1, -0.05) is 18.2 Å². The first-order chi connectivity index (χ1) is 13.0. The number of benzene rings is 2. The fourth-order valence-electron chi connectivity index (χ4n) is 3.69. The van der Waals surface area contributed by atoms with Crippen LogP contribution in [0, 0.1) is 11.7 Å². The zero-order chi connectivity index (χ0) is 19.0. The number of hydrogen-bond acceptors (Lipinski definition) is 4. The molecule has 2 N–H and O–H groups in total. The van der Waals surface area contributed by atoms with Crippen molar-refractivity contribution in [3.63, 3.8) is 0 Å². The first-order valence-electron chi connectivity index (χ1n) is 8.81. The number of halogens is 1. The summed E-state index contributed by atoms with van der Waals surface area (Å²) in [6, 6.07) is 13.1. The number of likely N-dealkylation sites (tertiary alicyclic amines) is 1. The second kappa shape index (κ2) is 6.96. The van der Waals surface area contributed by atoms with Crippen molar-refractivity contribution in [2.24, 2.45) is 5.92 Å². The first kappa shape index (κ1) is 17.4. The van der Waals surface area contributed by atoms with Gasteiger partial charge in [-0.2, -0.15) is 0 Å². The molecule has 0 radical (unpaired) electrons. The van der Waals surface area contributed by atoms with Crippen molar-refractivity contribution in [3.05, 3.63) is 71.7 Å². The minimum absolute atomic E-state index is 0.0404. The van der Waals surface area contributed by atoms with Crippen molar-refractivity contribution in [2.75, 3.05) is 13.1 Å². The zero-order valence-corrected chi connectivity index (χ0v) is 14.5. The molecule has 0 spiro atoms. The molecule has 3 aromatic rings. The van der Waals surface area contributed by atoms with Crippen LogP contribution >= 0.6 is 0 Å². The maximum atomic E-state index is 13.2. The summed E-state index contributed by atoms with van der Waals surface area (Å²) in [5.74, 6) is -1.53. The Morgan fingerprint density at radius 2 is 2.00 bits per heavy atom. The number of pyridine rings is 1. The Labute approximate surface area is 155 Å². The third kappa shape index (κ3) is 3.36. The van der Waals surface area contributed by atoms with Gasteiger partial charge in [-0.15, -0.1) is 0 Å². The molecule has 1 aliphatic rings. The molecule has 2 atom stereocenters. The Morgan fingerprint density at radius 1 is 1.19 bits per heavy atom. The monoisotopic (exact) mass is 366 g/mol. The van der Waals surface area contributed by atoms with E-state index in [1.807, 2.05) is 30.3 Å². The van der Waals surface area contributed by atoms with Crippen molar-refractivity contribution < 1.29 is 19.4 Å². The molecule has 0 saturated carbocycles. The van der Waals surface area contributed by atoms with Gasteiger partial charge in [0.1, 0.15) is 11.6 Å². The highest BCUT2D eigenvalue weighted by atomic mass is 19.1. The minimum atomic E-state index is -0.663. The van der Waals surface area contributed by atoms with E-state index < -0.39 is 23.6 Å². The van der Waals surface area contributed by atoms with Crippen molar-refractivity contribution in [2.45, 2.75) is 12.5 Å². The van der Waals surface area contributed by atoms with E-state index in [0.717, 1.165) is 28.6 Å². The highest BCUT2D eigenvalue weighted by Gasteiger charge is 2.35. The summed E-state index contributed by atoms with van der Waals surface area (Å²) in [5.41, 5.74) is 2.01. The quantitative estimate of drug-likeness (QED) is 0.748. The summed E-state index contributed by atoms with van der Waals surface area (Å²) in [4.78, 5) is 18.5. The molecule has 1 aromatic heterocycles. The van der Waals surface area contributed by atoms with E-state index in [9.17, 15) is 19.4 Å². The van der Waals surface area contributed by atoms with Gasteiger partial charge in [0.15, 0.2) is 0 Å². The van der Waals surface area contributed by atoms with Gasteiger partial charge in [0.2, 0.25) is 0 Å². The predicted molar refractivity (Wildman–Crippen MR) is 98.9 cm³/mol. The highest BCUT2D eigenvalue weighted by Crippen LogP contribution is 2.28. The molecule has 5 nitrogen and oxygen atoms in total. The van der Waals surface area contributed by atoms with Crippen molar-refractivity contribution in [1.82, 2.24) is 9.88 Å². The SMILES string of the molecule is O=C(c1ccc(F)cc1O)N1C[C@@H](Cc2ccnc3ccccc23)[C@@H](O)C1. The lowest BCUT2D eigenvalue weighted by molar-refractivity contribution is 0.0761. The Morgan fingerprint density at radius 3 is 2.81 bits per heavy atom. The number of amides is 1. The minimum Gasteiger partial charge on any atom is -0.507 e. The van der Waals surface area contributed by atoms with Gasteiger partial charge in [-0.05, 0) is 36.2 Å². The number of aromatic nitrogens is 1. The molecule has 2 heterocycles. The van der Waals surface area contributed by atoms with Crippen molar-refractivity contribution >= 4 is 16.8 Å². The van der Waals surface area contributed by atoms with Gasteiger partial charge in [-0.25, -0.2) is 4.39 Å². The average molecular weight is 366 g/mol. The van der Waals surface area contributed by atoms with E-state index in [2.05, 4.69) is 4.98 Å². The summed E-state index contributed by atoms with van der Waals surface area (Å²) < 4.78 is 13.2. The number of β-amino-alcohol motifs (C(OH)–C–C–N with tert-alkyl or cyclic N) is 1. The molecule has 138 valence electrons. The standard InChI is InChI=1S/C21H19FN2O3/c22-15-5-6-17(19(25)10-15)21(27)24-11-14(20(26)12-24)9-13-7-8-23-18-4-2-1-3-16(13)18/h1-8,10,14,20,25-26H,9,11-12H2/t14-,20+/m1/s1. The highest BCUT2D eigenvalue weighted by molar-refractivity contribution is 5.97. The lowest BCUT2D eigenvalue weighted by Gasteiger charge is -2.17. The molecule has 0 bridgehead atoms. The number of fused-ring (bicyclic) bond motifs is 1. The number of carbonyl (C=O) groups excluding carboxylic acids is 1. The third-order valence-electron chi connectivity index (χ3n) is 5.11. The molecule has 6 heteroatoms. The maximum Gasteiger partial charge on any atom is 0.257 e. The predicted octanol–water partition coefficient (Wildman–Crippen LogP) is 2.76. The summed E-state index contributed by atoms with van der Waals surface area (Å²) >= 11 is 0. The molecule has 0 aliphatic carbocycles. The summed E-state index contributed by atoms with van der Waals surface area (Å²) in [5, 5.41) is 21.4. The zero-order valence-electron chi connectivity index (χ0n) is 14.5. The van der Waals surface area contributed by atoms with Gasteiger partial charge in [0.25, 0.3) is 5.91 Å². The number of phenolic OH excluding ortho intramolecular Hbond substituents is 1. The molecular formula is C21H19FN2O3. The molecule has 4 rings (SSSR count). The number of aromatic hydroxyl groups is 1. The molecule has 27 heavy (non-hydrogen) atoms. The summed E-state index contributed by atoms with van der Waals surface area (Å²) in [6.45, 7) is 0.552. The van der Waals surface area contributed by atoms with E-state index in [4.69, 9.17) is 0 Å². The molecule has 2 aromatic carbocycles. The van der Waals surface area contributed by atoms with Crippen LogP contribution in [0.15, 0.2) is 54.7 Å². The largest absolute Gasteiger partial charge is 0.507 e. The molecule has 0 unspecified atom stereocenters. The lowest BCUT2D eigenvalue weighted by Crippen LogP contribution is -2.29. The number of aliphatic hydroxyl groups is 1. The Bertz CT molecular complexity index is 1000. The number of aliphatic hydroxyl groups excluding tert-OH is 1. The molecular weight excluding hydrogens is 347 g/mol. The number of carbonyl (C=O) groups is 1. The average Bonchev–Trinajstić information content (AvgIpc) is 3.02. The number of nitrogens with zero attached hydrogens (tertiary/aromatic N) is 2. The van der Waals surface area contributed by atoms with Crippen LogP contribution in [0.4, 0.5) is 4.39 Å². The Hall–Kier alpha value is -2.99. The van der Waals surface area contributed by atoms with Crippen LogP contribution in [0.5, 0.6) is 5.75 Å². The van der Waals surface area contributed by atoms with Crippen molar-refractivity contribution in [3.8, 4) is 5.75 Å². The van der Waals surface area contributed by atoms with Crippen molar-refractivity contribution in [1.29, 1.82) is 0 Å². The van der Waals surface area contributed by atoms with Crippen LogP contribution in [0.3, 0.4) is 0 Å². The Balaban J connectivity index is 1.54. The second-order valence-electron chi connectivity index (χ2n) is 6.89. The fourth-order valence-corrected chi connectivity index (χ4v) is 3.69. The maximum absolute atomic E-state index is 13.2. The van der Waals surface area contributed by atoms with E-state index in [-0.39, 0.29) is 18.0 Å². The van der Waals surface area contributed by atoms with Crippen LogP contribution in [0.25, 0.3) is 10.9 Å². The van der Waals surface area contributed by atoms with Gasteiger partial charge < -0.3 is 15.1 Å². The molecule has 1 fully saturated rings. The van der Waals surface area contributed by atoms with Gasteiger partial charge in [-0.3, -0.25) is 9.78 Å². The smallest absolute Gasteiger partial charge is 0.257 e. The number of phenols is 1. The topological polar surface area (TPSA) is 73.7 Å². The molecule has 1 aliphatic heterocycles. The summed E-state index contributed by atoms with van der Waals surface area (Å²) in [6.07, 6.45) is 1.70. The van der Waals surface area contributed by atoms with Crippen LogP contribution in [-0.2, 0) is 6.42 Å². The fraction of sp³-hybridized carbons (Fsp3) is 0.238. The molecule has 1 amide bonds.